The highest BCUT2D eigenvalue weighted by atomic mass is 35.5. The van der Waals surface area contributed by atoms with Crippen LogP contribution in [0.3, 0.4) is 0 Å². The van der Waals surface area contributed by atoms with Gasteiger partial charge in [-0.05, 0) is 49.5 Å². The molecule has 0 bridgehead atoms. The molecule has 0 radical (unpaired) electrons. The molecule has 1 saturated heterocycles. The Hall–Kier alpha value is -2.13. The van der Waals surface area contributed by atoms with Gasteiger partial charge in [-0.15, -0.1) is 0 Å². The minimum atomic E-state index is -3.69. The van der Waals surface area contributed by atoms with Crippen LogP contribution in [0.1, 0.15) is 10.4 Å². The van der Waals surface area contributed by atoms with E-state index in [-0.39, 0.29) is 15.5 Å². The zero-order valence-corrected chi connectivity index (χ0v) is 17.3. The van der Waals surface area contributed by atoms with Gasteiger partial charge in [0.1, 0.15) is 5.75 Å². The molecule has 1 N–H and O–H groups in total. The van der Waals surface area contributed by atoms with Crippen LogP contribution in [-0.4, -0.2) is 63.9 Å². The Morgan fingerprint density at radius 2 is 1.71 bits per heavy atom. The molecular weight excluding hydrogens is 402 g/mol. The summed E-state index contributed by atoms with van der Waals surface area (Å²) in [6.07, 6.45) is 0. The van der Waals surface area contributed by atoms with Crippen molar-refractivity contribution in [1.29, 1.82) is 0 Å². The lowest BCUT2D eigenvalue weighted by atomic mass is 10.2. The van der Waals surface area contributed by atoms with E-state index < -0.39 is 15.9 Å². The molecule has 1 fully saturated rings. The van der Waals surface area contributed by atoms with Crippen LogP contribution in [0.15, 0.2) is 47.4 Å². The van der Waals surface area contributed by atoms with Gasteiger partial charge in [-0.2, -0.15) is 4.31 Å². The lowest BCUT2D eigenvalue weighted by molar-refractivity contribution is 0.102. The Kier molecular flexibility index (Phi) is 6.24. The molecule has 0 unspecified atom stereocenters. The standard InChI is InChI=1S/C19H22ClN3O4S/c1-22-9-11-23(12-10-22)28(25,26)16-7-8-18(20)17(13-16)19(24)21-14-3-5-15(27-2)6-4-14/h3-8,13H,9-12H2,1-2H3,(H,21,24). The van der Waals surface area contributed by atoms with Crippen LogP contribution >= 0.6 is 11.6 Å². The van der Waals surface area contributed by atoms with E-state index in [9.17, 15) is 13.2 Å². The largest absolute Gasteiger partial charge is 0.497 e. The van der Waals surface area contributed by atoms with Crippen LogP contribution < -0.4 is 10.1 Å². The normalized spacial score (nSPS) is 16.0. The molecule has 28 heavy (non-hydrogen) atoms. The van der Waals surface area contributed by atoms with Crippen LogP contribution in [0.4, 0.5) is 5.69 Å². The number of piperazine rings is 1. The number of anilines is 1. The molecule has 0 saturated carbocycles. The van der Waals surface area contributed by atoms with E-state index in [1.165, 1.54) is 22.5 Å². The number of methoxy groups -OCH3 is 1. The van der Waals surface area contributed by atoms with E-state index in [2.05, 4.69) is 10.2 Å². The zero-order valence-electron chi connectivity index (χ0n) is 15.7. The predicted octanol–water partition coefficient (Wildman–Crippen LogP) is 2.54. The summed E-state index contributed by atoms with van der Waals surface area (Å²) in [6, 6.07) is 11.0. The molecule has 9 heteroatoms. The lowest BCUT2D eigenvalue weighted by Gasteiger charge is -2.31. The van der Waals surface area contributed by atoms with Gasteiger partial charge >= 0.3 is 0 Å². The fraction of sp³-hybridized carbons (Fsp3) is 0.316. The van der Waals surface area contributed by atoms with E-state index in [0.717, 1.165) is 0 Å². The third-order valence-corrected chi connectivity index (χ3v) is 6.85. The number of rotatable bonds is 5. The number of ether oxygens (including phenoxy) is 1. The molecule has 1 heterocycles. The van der Waals surface area contributed by atoms with E-state index in [1.54, 1.807) is 31.4 Å². The predicted molar refractivity (Wildman–Crippen MR) is 109 cm³/mol. The van der Waals surface area contributed by atoms with Crippen LogP contribution in [0.25, 0.3) is 0 Å². The van der Waals surface area contributed by atoms with Crippen LogP contribution in [-0.2, 0) is 10.0 Å². The first kappa shape index (κ1) is 20.6. The number of carbonyl (C=O) groups excluding carboxylic acids is 1. The first-order valence-electron chi connectivity index (χ1n) is 8.75. The van der Waals surface area contributed by atoms with Crippen molar-refractivity contribution in [2.24, 2.45) is 0 Å². The molecular formula is C19H22ClN3O4S. The fourth-order valence-corrected chi connectivity index (χ4v) is 4.54. The van der Waals surface area contributed by atoms with Gasteiger partial charge in [-0.25, -0.2) is 8.42 Å². The third-order valence-electron chi connectivity index (χ3n) is 4.63. The summed E-state index contributed by atoms with van der Waals surface area (Å²) in [7, 11) is -0.181. The van der Waals surface area contributed by atoms with E-state index in [4.69, 9.17) is 16.3 Å². The van der Waals surface area contributed by atoms with Gasteiger partial charge in [-0.1, -0.05) is 11.6 Å². The number of hydrogen-bond donors (Lipinski definition) is 1. The van der Waals surface area contributed by atoms with E-state index >= 15 is 0 Å². The van der Waals surface area contributed by atoms with Crippen molar-refractivity contribution in [3.05, 3.63) is 53.1 Å². The maximum absolute atomic E-state index is 12.9. The second-order valence-electron chi connectivity index (χ2n) is 6.53. The van der Waals surface area contributed by atoms with Gasteiger partial charge in [0.15, 0.2) is 0 Å². The molecule has 1 amide bonds. The topological polar surface area (TPSA) is 78.9 Å². The number of nitrogens with zero attached hydrogens (tertiary/aromatic N) is 2. The average molecular weight is 424 g/mol. The number of carbonyl (C=O) groups is 1. The maximum Gasteiger partial charge on any atom is 0.257 e. The lowest BCUT2D eigenvalue weighted by Crippen LogP contribution is -2.47. The minimum Gasteiger partial charge on any atom is -0.497 e. The van der Waals surface area contributed by atoms with Crippen LogP contribution in [0, 0.1) is 0 Å². The Morgan fingerprint density at radius 1 is 1.07 bits per heavy atom. The number of halogens is 1. The first-order chi connectivity index (χ1) is 13.3. The Morgan fingerprint density at radius 3 is 2.32 bits per heavy atom. The van der Waals surface area contributed by atoms with Gasteiger partial charge in [-0.3, -0.25) is 4.79 Å². The van der Waals surface area contributed by atoms with Crippen molar-refractivity contribution >= 4 is 33.2 Å². The summed E-state index contributed by atoms with van der Waals surface area (Å²) in [4.78, 5) is 14.8. The molecule has 2 aromatic carbocycles. The highest BCUT2D eigenvalue weighted by Gasteiger charge is 2.28. The van der Waals surface area contributed by atoms with Crippen molar-refractivity contribution in [3.63, 3.8) is 0 Å². The molecule has 0 aromatic heterocycles. The minimum absolute atomic E-state index is 0.0568. The maximum atomic E-state index is 12.9. The monoisotopic (exact) mass is 423 g/mol. The SMILES string of the molecule is COc1ccc(NC(=O)c2cc(S(=O)(=O)N3CCN(C)CC3)ccc2Cl)cc1. The summed E-state index contributed by atoms with van der Waals surface area (Å²) in [5.74, 6) is 0.182. The Bertz CT molecular complexity index is 956. The molecule has 0 atom stereocenters. The Balaban J connectivity index is 1.83. The summed E-state index contributed by atoms with van der Waals surface area (Å²) < 4.78 is 32.4. The second kappa shape index (κ2) is 8.48. The highest BCUT2D eigenvalue weighted by Crippen LogP contribution is 2.25. The van der Waals surface area contributed by atoms with Crippen molar-refractivity contribution in [1.82, 2.24) is 9.21 Å². The average Bonchev–Trinajstić information content (AvgIpc) is 2.69. The fourth-order valence-electron chi connectivity index (χ4n) is 2.89. The number of amides is 1. The summed E-state index contributed by atoms with van der Waals surface area (Å²) in [5.41, 5.74) is 0.655. The zero-order chi connectivity index (χ0) is 20.3. The van der Waals surface area contributed by atoms with Gasteiger partial charge in [0.2, 0.25) is 10.0 Å². The number of likely N-dealkylation sites (N-methyl/N-ethyl adjacent to an activating group) is 1. The van der Waals surface area contributed by atoms with E-state index in [0.29, 0.717) is 37.6 Å². The molecule has 150 valence electrons. The Labute approximate surface area is 169 Å². The molecule has 1 aliphatic rings. The van der Waals surface area contributed by atoms with Crippen LogP contribution in [0.5, 0.6) is 5.75 Å². The molecule has 3 rings (SSSR count). The number of nitrogens with one attached hydrogen (secondary N) is 1. The molecule has 2 aromatic rings. The highest BCUT2D eigenvalue weighted by molar-refractivity contribution is 7.89. The summed E-state index contributed by atoms with van der Waals surface area (Å²) in [6.45, 7) is 2.15. The van der Waals surface area contributed by atoms with Crippen molar-refractivity contribution in [2.45, 2.75) is 4.90 Å². The van der Waals surface area contributed by atoms with Crippen molar-refractivity contribution in [3.8, 4) is 5.75 Å². The molecule has 0 aliphatic carbocycles. The van der Waals surface area contributed by atoms with Crippen molar-refractivity contribution < 1.29 is 17.9 Å². The van der Waals surface area contributed by atoms with Gasteiger partial charge in [0.05, 0.1) is 22.6 Å². The third kappa shape index (κ3) is 4.47. The molecule has 7 nitrogen and oxygen atoms in total. The van der Waals surface area contributed by atoms with Gasteiger partial charge in [0, 0.05) is 31.9 Å². The first-order valence-corrected chi connectivity index (χ1v) is 10.6. The number of sulfonamides is 1. The number of benzene rings is 2. The quantitative estimate of drug-likeness (QED) is 0.799. The second-order valence-corrected chi connectivity index (χ2v) is 8.88. The van der Waals surface area contributed by atoms with E-state index in [1.807, 2.05) is 7.05 Å². The van der Waals surface area contributed by atoms with Gasteiger partial charge in [0.25, 0.3) is 5.91 Å². The summed E-state index contributed by atoms with van der Waals surface area (Å²) >= 11 is 6.16. The number of hydrogen-bond acceptors (Lipinski definition) is 5. The molecule has 1 aliphatic heterocycles. The molecule has 0 spiro atoms. The van der Waals surface area contributed by atoms with Crippen molar-refractivity contribution in [2.75, 3.05) is 45.7 Å². The summed E-state index contributed by atoms with van der Waals surface area (Å²) in [5, 5.41) is 2.90. The van der Waals surface area contributed by atoms with Crippen LogP contribution in [0.2, 0.25) is 5.02 Å². The van der Waals surface area contributed by atoms with Gasteiger partial charge < -0.3 is 15.0 Å². The smallest absolute Gasteiger partial charge is 0.257 e.